The molecule has 18 heavy (non-hydrogen) atoms. The summed E-state index contributed by atoms with van der Waals surface area (Å²) >= 11 is 1.77. The Hall–Kier alpha value is -0.490. The maximum atomic E-state index is 5.35. The topological polar surface area (TPSA) is 37.4 Å². The molecule has 102 valence electrons. The minimum atomic E-state index is 0.564. The number of aromatic nitrogens is 1. The molecule has 2 heterocycles. The summed E-state index contributed by atoms with van der Waals surface area (Å²) < 4.78 is 5.35. The minimum absolute atomic E-state index is 0.564. The molecule has 1 atom stereocenters. The van der Waals surface area contributed by atoms with Crippen LogP contribution in [0.15, 0.2) is 5.38 Å². The van der Waals surface area contributed by atoms with Crippen molar-refractivity contribution in [3.05, 3.63) is 16.1 Å². The second kappa shape index (κ2) is 7.19. The van der Waals surface area contributed by atoms with Crippen LogP contribution in [0.2, 0.25) is 0 Å². The van der Waals surface area contributed by atoms with Gasteiger partial charge in [0.1, 0.15) is 5.01 Å². The number of nitrogens with zero attached hydrogens (tertiary/aromatic N) is 2. The fourth-order valence-electron chi connectivity index (χ4n) is 1.88. The van der Waals surface area contributed by atoms with Crippen molar-refractivity contribution in [2.45, 2.75) is 39.4 Å². The van der Waals surface area contributed by atoms with Gasteiger partial charge in [0.15, 0.2) is 0 Å². The third-order valence-corrected chi connectivity index (χ3v) is 4.19. The van der Waals surface area contributed by atoms with Crippen LogP contribution in [0, 0.1) is 0 Å². The zero-order valence-electron chi connectivity index (χ0n) is 11.3. The van der Waals surface area contributed by atoms with Crippen LogP contribution >= 0.6 is 11.3 Å². The van der Waals surface area contributed by atoms with Crippen molar-refractivity contribution < 1.29 is 4.74 Å². The smallest absolute Gasteiger partial charge is 0.107 e. The van der Waals surface area contributed by atoms with Crippen molar-refractivity contribution in [3.8, 4) is 0 Å². The van der Waals surface area contributed by atoms with E-state index in [-0.39, 0.29) is 0 Å². The normalized spacial score (nSPS) is 19.0. The zero-order valence-corrected chi connectivity index (χ0v) is 12.1. The number of nitrogens with one attached hydrogen (secondary N) is 1. The first kappa shape index (κ1) is 13.9. The molecule has 1 N–H and O–H groups in total. The predicted molar refractivity (Wildman–Crippen MR) is 74.8 cm³/mol. The highest BCUT2D eigenvalue weighted by molar-refractivity contribution is 7.09. The lowest BCUT2D eigenvalue weighted by atomic mass is 10.2. The van der Waals surface area contributed by atoms with Gasteiger partial charge in [-0.15, -0.1) is 11.3 Å². The van der Waals surface area contributed by atoms with Gasteiger partial charge in [0, 0.05) is 31.1 Å². The molecule has 0 aromatic carbocycles. The Bertz CT molecular complexity index is 350. The fraction of sp³-hybridized carbons (Fsp3) is 0.769. The van der Waals surface area contributed by atoms with Crippen molar-refractivity contribution in [2.24, 2.45) is 0 Å². The van der Waals surface area contributed by atoms with Gasteiger partial charge in [-0.05, 0) is 13.3 Å². The van der Waals surface area contributed by atoms with Gasteiger partial charge in [0.2, 0.25) is 0 Å². The molecule has 1 aromatic rings. The fourth-order valence-corrected chi connectivity index (χ4v) is 2.71. The third kappa shape index (κ3) is 4.31. The monoisotopic (exact) mass is 269 g/mol. The van der Waals surface area contributed by atoms with Crippen LogP contribution < -0.4 is 5.32 Å². The van der Waals surface area contributed by atoms with Gasteiger partial charge in [0.25, 0.3) is 0 Å². The van der Waals surface area contributed by atoms with E-state index in [1.54, 1.807) is 11.3 Å². The number of morpholine rings is 1. The molecule has 0 radical (unpaired) electrons. The molecule has 2 rings (SSSR count). The van der Waals surface area contributed by atoms with E-state index >= 15 is 0 Å². The Morgan fingerprint density at radius 1 is 1.50 bits per heavy atom. The Balaban J connectivity index is 1.78. The lowest BCUT2D eigenvalue weighted by molar-refractivity contribution is 0.0341. The number of ether oxygens (including phenoxy) is 1. The molecule has 0 spiro atoms. The largest absolute Gasteiger partial charge is 0.379 e. The average molecular weight is 269 g/mol. The Kier molecular flexibility index (Phi) is 5.56. The predicted octanol–water partition coefficient (Wildman–Crippen LogP) is 1.86. The molecule has 1 saturated heterocycles. The van der Waals surface area contributed by atoms with E-state index in [1.165, 1.54) is 10.7 Å². The first-order chi connectivity index (χ1) is 8.78. The van der Waals surface area contributed by atoms with Crippen molar-refractivity contribution in [1.82, 2.24) is 15.2 Å². The van der Waals surface area contributed by atoms with E-state index in [4.69, 9.17) is 4.74 Å². The average Bonchev–Trinajstić information content (AvgIpc) is 2.85. The molecule has 0 amide bonds. The molecular weight excluding hydrogens is 246 g/mol. The molecule has 4 nitrogen and oxygen atoms in total. The summed E-state index contributed by atoms with van der Waals surface area (Å²) in [6.45, 7) is 10.0. The van der Waals surface area contributed by atoms with E-state index in [0.717, 1.165) is 45.8 Å². The van der Waals surface area contributed by atoms with Crippen LogP contribution in [0.1, 0.15) is 31.0 Å². The van der Waals surface area contributed by atoms with E-state index < -0.39 is 0 Å². The second-order valence-corrected chi connectivity index (χ2v) is 5.75. The Morgan fingerprint density at radius 2 is 2.28 bits per heavy atom. The van der Waals surface area contributed by atoms with Crippen LogP contribution in [0.4, 0.5) is 0 Å². The van der Waals surface area contributed by atoms with E-state index in [9.17, 15) is 0 Å². The highest BCUT2D eigenvalue weighted by Crippen LogP contribution is 2.13. The van der Waals surface area contributed by atoms with Gasteiger partial charge in [0.05, 0.1) is 25.5 Å². The van der Waals surface area contributed by atoms with E-state index in [0.29, 0.717) is 6.04 Å². The summed E-state index contributed by atoms with van der Waals surface area (Å²) in [6, 6.07) is 0.564. The molecule has 1 fully saturated rings. The molecule has 0 aliphatic carbocycles. The van der Waals surface area contributed by atoms with Gasteiger partial charge in [-0.2, -0.15) is 0 Å². The molecule has 0 bridgehead atoms. The van der Waals surface area contributed by atoms with E-state index in [2.05, 4.69) is 34.4 Å². The van der Waals surface area contributed by atoms with Crippen molar-refractivity contribution in [2.75, 3.05) is 26.3 Å². The van der Waals surface area contributed by atoms with Crippen LogP contribution in [0.5, 0.6) is 0 Å². The van der Waals surface area contributed by atoms with Crippen molar-refractivity contribution in [3.63, 3.8) is 0 Å². The summed E-state index contributed by atoms with van der Waals surface area (Å²) in [5, 5.41) is 6.87. The summed E-state index contributed by atoms with van der Waals surface area (Å²) in [5.74, 6) is 0. The Labute approximate surface area is 113 Å². The second-order valence-electron chi connectivity index (χ2n) is 4.81. The Morgan fingerprint density at radius 3 is 3.00 bits per heavy atom. The van der Waals surface area contributed by atoms with Crippen LogP contribution in [-0.4, -0.2) is 42.2 Å². The van der Waals surface area contributed by atoms with Gasteiger partial charge < -0.3 is 10.1 Å². The summed E-state index contributed by atoms with van der Waals surface area (Å²) in [7, 11) is 0. The molecule has 0 saturated carbocycles. The standard InChI is InChI=1S/C13H23N3OS/c1-3-11(2)14-8-12-10-18-13(15-12)9-16-4-6-17-7-5-16/h10-11,14H,3-9H2,1-2H3. The molecule has 1 unspecified atom stereocenters. The minimum Gasteiger partial charge on any atom is -0.379 e. The molecule has 1 aliphatic rings. The van der Waals surface area contributed by atoms with Crippen LogP contribution in [0.3, 0.4) is 0 Å². The number of thiazole rings is 1. The number of hydrogen-bond acceptors (Lipinski definition) is 5. The summed E-state index contributed by atoms with van der Waals surface area (Å²) in [6.07, 6.45) is 1.16. The lowest BCUT2D eigenvalue weighted by Gasteiger charge is -2.25. The van der Waals surface area contributed by atoms with Gasteiger partial charge in [-0.1, -0.05) is 6.92 Å². The summed E-state index contributed by atoms with van der Waals surface area (Å²) in [4.78, 5) is 7.10. The highest BCUT2D eigenvalue weighted by atomic mass is 32.1. The van der Waals surface area contributed by atoms with Crippen LogP contribution in [-0.2, 0) is 17.8 Å². The molecule has 5 heteroatoms. The van der Waals surface area contributed by atoms with Crippen molar-refractivity contribution in [1.29, 1.82) is 0 Å². The quantitative estimate of drug-likeness (QED) is 0.855. The van der Waals surface area contributed by atoms with Crippen molar-refractivity contribution >= 4 is 11.3 Å². The van der Waals surface area contributed by atoms with Gasteiger partial charge >= 0.3 is 0 Å². The lowest BCUT2D eigenvalue weighted by Crippen LogP contribution is -2.35. The maximum absolute atomic E-state index is 5.35. The van der Waals surface area contributed by atoms with Gasteiger partial charge in [-0.25, -0.2) is 4.98 Å². The molecule has 1 aliphatic heterocycles. The zero-order chi connectivity index (χ0) is 12.8. The molecule has 1 aromatic heterocycles. The van der Waals surface area contributed by atoms with E-state index in [1.807, 2.05) is 0 Å². The highest BCUT2D eigenvalue weighted by Gasteiger charge is 2.12. The number of hydrogen-bond donors (Lipinski definition) is 1. The number of rotatable bonds is 6. The summed E-state index contributed by atoms with van der Waals surface area (Å²) in [5.41, 5.74) is 1.17. The first-order valence-electron chi connectivity index (χ1n) is 6.74. The first-order valence-corrected chi connectivity index (χ1v) is 7.62. The molecular formula is C13H23N3OS. The maximum Gasteiger partial charge on any atom is 0.107 e. The van der Waals surface area contributed by atoms with Crippen LogP contribution in [0.25, 0.3) is 0 Å². The SMILES string of the molecule is CCC(C)NCc1csc(CN2CCOCC2)n1. The van der Waals surface area contributed by atoms with Gasteiger partial charge in [-0.3, -0.25) is 4.90 Å². The third-order valence-electron chi connectivity index (χ3n) is 3.31.